The van der Waals surface area contributed by atoms with Gasteiger partial charge in [-0.25, -0.2) is 0 Å². The van der Waals surface area contributed by atoms with Crippen LogP contribution in [0.25, 0.3) is 0 Å². The van der Waals surface area contributed by atoms with Gasteiger partial charge in [0.1, 0.15) is 0 Å². The normalized spacial score (nSPS) is 28.3. The standard InChI is InChI=1S/C9H14N2/c10-7-8-3-5-11(6-4-8)9-1-2-9/h8-9H,1-6H2. The molecule has 0 atom stereocenters. The number of nitrogens with zero attached hydrogens (tertiary/aromatic N) is 2. The third-order valence-electron chi connectivity index (χ3n) is 2.78. The predicted molar refractivity (Wildman–Crippen MR) is 42.9 cm³/mol. The fourth-order valence-electron chi connectivity index (χ4n) is 1.83. The van der Waals surface area contributed by atoms with E-state index in [2.05, 4.69) is 11.0 Å². The first-order valence-corrected chi connectivity index (χ1v) is 4.54. The Hall–Kier alpha value is -0.550. The van der Waals surface area contributed by atoms with E-state index in [-0.39, 0.29) is 0 Å². The molecule has 1 saturated heterocycles. The molecule has 11 heavy (non-hydrogen) atoms. The third kappa shape index (κ3) is 1.54. The van der Waals surface area contributed by atoms with E-state index in [0.29, 0.717) is 5.92 Å². The molecule has 2 heteroatoms. The Morgan fingerprint density at radius 2 is 1.73 bits per heavy atom. The summed E-state index contributed by atoms with van der Waals surface area (Å²) in [5.41, 5.74) is 0. The average Bonchev–Trinajstić information content (AvgIpc) is 2.87. The predicted octanol–water partition coefficient (Wildman–Crippen LogP) is 1.38. The minimum absolute atomic E-state index is 0.352. The van der Waals surface area contributed by atoms with Crippen LogP contribution in [0.15, 0.2) is 0 Å². The molecule has 0 spiro atoms. The van der Waals surface area contributed by atoms with Crippen molar-refractivity contribution in [3.05, 3.63) is 0 Å². The van der Waals surface area contributed by atoms with Gasteiger partial charge in [0.25, 0.3) is 0 Å². The third-order valence-corrected chi connectivity index (χ3v) is 2.78. The molecule has 1 saturated carbocycles. The summed E-state index contributed by atoms with van der Waals surface area (Å²) in [5, 5.41) is 8.66. The van der Waals surface area contributed by atoms with Crippen molar-refractivity contribution in [3.63, 3.8) is 0 Å². The summed E-state index contributed by atoms with van der Waals surface area (Å²) in [6, 6.07) is 3.25. The van der Waals surface area contributed by atoms with Crippen LogP contribution in [0.2, 0.25) is 0 Å². The van der Waals surface area contributed by atoms with E-state index in [1.54, 1.807) is 0 Å². The minimum atomic E-state index is 0.352. The Morgan fingerprint density at radius 3 is 2.18 bits per heavy atom. The van der Waals surface area contributed by atoms with Crippen molar-refractivity contribution >= 4 is 0 Å². The van der Waals surface area contributed by atoms with Crippen LogP contribution in [0.3, 0.4) is 0 Å². The van der Waals surface area contributed by atoms with Gasteiger partial charge in [-0.15, -0.1) is 0 Å². The van der Waals surface area contributed by atoms with E-state index in [0.717, 1.165) is 18.9 Å². The first-order valence-electron chi connectivity index (χ1n) is 4.54. The summed E-state index contributed by atoms with van der Waals surface area (Å²) < 4.78 is 0. The van der Waals surface area contributed by atoms with Crippen LogP contribution < -0.4 is 0 Å². The van der Waals surface area contributed by atoms with E-state index in [9.17, 15) is 0 Å². The number of hydrogen-bond donors (Lipinski definition) is 0. The van der Waals surface area contributed by atoms with Gasteiger partial charge in [-0.2, -0.15) is 5.26 Å². The van der Waals surface area contributed by atoms with Crippen molar-refractivity contribution in [1.82, 2.24) is 4.90 Å². The first-order chi connectivity index (χ1) is 5.40. The maximum atomic E-state index is 8.66. The molecule has 0 aromatic heterocycles. The summed E-state index contributed by atoms with van der Waals surface area (Å²) >= 11 is 0. The van der Waals surface area contributed by atoms with Gasteiger partial charge in [0.05, 0.1) is 6.07 Å². The van der Waals surface area contributed by atoms with Gasteiger partial charge in [-0.05, 0) is 38.8 Å². The van der Waals surface area contributed by atoms with Gasteiger partial charge in [0.2, 0.25) is 0 Å². The van der Waals surface area contributed by atoms with Crippen molar-refractivity contribution in [2.45, 2.75) is 31.7 Å². The fourth-order valence-corrected chi connectivity index (χ4v) is 1.83. The Bertz CT molecular complexity index is 170. The molecule has 0 bridgehead atoms. The van der Waals surface area contributed by atoms with Crippen LogP contribution in [0, 0.1) is 17.2 Å². The lowest BCUT2D eigenvalue weighted by Gasteiger charge is -2.28. The zero-order valence-electron chi connectivity index (χ0n) is 6.79. The van der Waals surface area contributed by atoms with E-state index in [1.165, 1.54) is 25.9 Å². The molecule has 0 N–H and O–H groups in total. The van der Waals surface area contributed by atoms with Crippen LogP contribution in [-0.4, -0.2) is 24.0 Å². The molecule has 1 aliphatic carbocycles. The molecule has 2 rings (SSSR count). The van der Waals surface area contributed by atoms with Crippen LogP contribution >= 0.6 is 0 Å². The molecule has 0 radical (unpaired) electrons. The minimum Gasteiger partial charge on any atom is -0.300 e. The molecule has 0 aromatic rings. The fraction of sp³-hybridized carbons (Fsp3) is 0.889. The maximum absolute atomic E-state index is 8.66. The van der Waals surface area contributed by atoms with Gasteiger partial charge in [-0.3, -0.25) is 0 Å². The van der Waals surface area contributed by atoms with E-state index in [4.69, 9.17) is 5.26 Å². The zero-order valence-corrected chi connectivity index (χ0v) is 6.79. The van der Waals surface area contributed by atoms with Crippen molar-refractivity contribution in [3.8, 4) is 6.07 Å². The summed E-state index contributed by atoms with van der Waals surface area (Å²) in [7, 11) is 0. The number of hydrogen-bond acceptors (Lipinski definition) is 2. The Labute approximate surface area is 67.8 Å². The largest absolute Gasteiger partial charge is 0.300 e. The molecular formula is C9H14N2. The molecular weight excluding hydrogens is 136 g/mol. The first kappa shape index (κ1) is 7.12. The molecule has 1 aliphatic heterocycles. The van der Waals surface area contributed by atoms with Crippen molar-refractivity contribution in [2.24, 2.45) is 5.92 Å². The van der Waals surface area contributed by atoms with Crippen LogP contribution in [0.4, 0.5) is 0 Å². The van der Waals surface area contributed by atoms with Gasteiger partial charge >= 0.3 is 0 Å². The number of likely N-dealkylation sites (tertiary alicyclic amines) is 1. The summed E-state index contributed by atoms with van der Waals surface area (Å²) in [4.78, 5) is 2.55. The summed E-state index contributed by atoms with van der Waals surface area (Å²) in [5.74, 6) is 0.352. The SMILES string of the molecule is N#CC1CCN(C2CC2)CC1. The van der Waals surface area contributed by atoms with E-state index in [1.807, 2.05) is 0 Å². The lowest BCUT2D eigenvalue weighted by Crippen LogP contribution is -2.34. The zero-order chi connectivity index (χ0) is 7.68. The monoisotopic (exact) mass is 150 g/mol. The molecule has 0 amide bonds. The highest BCUT2D eigenvalue weighted by atomic mass is 15.2. The van der Waals surface area contributed by atoms with Crippen LogP contribution in [0.1, 0.15) is 25.7 Å². The molecule has 1 heterocycles. The number of piperidine rings is 1. The second-order valence-electron chi connectivity index (χ2n) is 3.67. The van der Waals surface area contributed by atoms with Crippen molar-refractivity contribution in [1.29, 1.82) is 5.26 Å². The molecule has 2 nitrogen and oxygen atoms in total. The van der Waals surface area contributed by atoms with Crippen molar-refractivity contribution in [2.75, 3.05) is 13.1 Å². The van der Waals surface area contributed by atoms with Crippen LogP contribution in [-0.2, 0) is 0 Å². The molecule has 0 unspecified atom stereocenters. The van der Waals surface area contributed by atoms with E-state index >= 15 is 0 Å². The summed E-state index contributed by atoms with van der Waals surface area (Å²) in [6.07, 6.45) is 5.01. The molecule has 60 valence electrons. The number of nitriles is 1. The molecule has 0 aromatic carbocycles. The average molecular weight is 150 g/mol. The highest BCUT2D eigenvalue weighted by Gasteiger charge is 2.31. The van der Waals surface area contributed by atoms with Crippen molar-refractivity contribution < 1.29 is 0 Å². The second kappa shape index (κ2) is 2.83. The quantitative estimate of drug-likeness (QED) is 0.564. The van der Waals surface area contributed by atoms with Gasteiger partial charge < -0.3 is 4.90 Å². The highest BCUT2D eigenvalue weighted by Crippen LogP contribution is 2.30. The topological polar surface area (TPSA) is 27.0 Å². The lowest BCUT2D eigenvalue weighted by molar-refractivity contribution is 0.197. The van der Waals surface area contributed by atoms with Crippen LogP contribution in [0.5, 0.6) is 0 Å². The Kier molecular flexibility index (Phi) is 1.83. The maximum Gasteiger partial charge on any atom is 0.0656 e. The lowest BCUT2D eigenvalue weighted by atomic mass is 9.99. The van der Waals surface area contributed by atoms with Gasteiger partial charge in [0.15, 0.2) is 0 Å². The Balaban J connectivity index is 1.80. The highest BCUT2D eigenvalue weighted by molar-refractivity contribution is 4.92. The molecule has 2 aliphatic rings. The summed E-state index contributed by atoms with van der Waals surface area (Å²) in [6.45, 7) is 2.34. The second-order valence-corrected chi connectivity index (χ2v) is 3.67. The smallest absolute Gasteiger partial charge is 0.0656 e. The van der Waals surface area contributed by atoms with Gasteiger partial charge in [0, 0.05) is 12.0 Å². The molecule has 2 fully saturated rings. The Morgan fingerprint density at radius 1 is 1.09 bits per heavy atom. The van der Waals surface area contributed by atoms with Gasteiger partial charge in [-0.1, -0.05) is 0 Å². The number of rotatable bonds is 1. The van der Waals surface area contributed by atoms with E-state index < -0.39 is 0 Å².